The average molecular weight is 237 g/mol. The van der Waals surface area contributed by atoms with Crippen molar-refractivity contribution in [1.82, 2.24) is 4.90 Å². The Bertz CT molecular complexity index is 295. The van der Waals surface area contributed by atoms with Crippen molar-refractivity contribution in [3.63, 3.8) is 0 Å². The summed E-state index contributed by atoms with van der Waals surface area (Å²) in [5.74, 6) is -0.139. The number of piperidine rings is 1. The van der Waals surface area contributed by atoms with E-state index in [1.165, 1.54) is 38.5 Å². The van der Waals surface area contributed by atoms with Crippen LogP contribution < -0.4 is 0 Å². The highest BCUT2D eigenvalue weighted by Crippen LogP contribution is 2.47. The van der Waals surface area contributed by atoms with Crippen molar-refractivity contribution in [3.8, 4) is 0 Å². The third kappa shape index (κ3) is 2.22. The van der Waals surface area contributed by atoms with Crippen LogP contribution in [0.3, 0.4) is 0 Å². The number of hydrogen-bond donors (Lipinski definition) is 1. The first kappa shape index (κ1) is 11.5. The molecule has 3 nitrogen and oxygen atoms in total. The predicted molar refractivity (Wildman–Crippen MR) is 65.9 cm³/mol. The van der Waals surface area contributed by atoms with Gasteiger partial charge < -0.3 is 5.11 Å². The van der Waals surface area contributed by atoms with Gasteiger partial charge in [0.05, 0.1) is 0 Å². The van der Waals surface area contributed by atoms with Gasteiger partial charge in [-0.1, -0.05) is 12.8 Å². The first-order valence-corrected chi connectivity index (χ1v) is 7.17. The first-order valence-electron chi connectivity index (χ1n) is 7.17. The molecule has 3 rings (SSSR count). The van der Waals surface area contributed by atoms with E-state index in [2.05, 4.69) is 4.90 Å². The van der Waals surface area contributed by atoms with E-state index in [9.17, 15) is 9.90 Å². The minimum Gasteiger partial charge on any atom is -0.480 e. The molecular weight excluding hydrogens is 214 g/mol. The summed E-state index contributed by atoms with van der Waals surface area (Å²) >= 11 is 0. The quantitative estimate of drug-likeness (QED) is 0.820. The molecule has 3 fully saturated rings. The molecule has 0 radical (unpaired) electrons. The van der Waals surface area contributed by atoms with Gasteiger partial charge in [0.2, 0.25) is 0 Å². The predicted octanol–water partition coefficient (Wildman–Crippen LogP) is 2.51. The van der Waals surface area contributed by atoms with Gasteiger partial charge in [-0.15, -0.1) is 0 Å². The summed E-state index contributed by atoms with van der Waals surface area (Å²) in [5, 5.41) is 9.35. The fourth-order valence-corrected chi connectivity index (χ4v) is 3.97. The Morgan fingerprint density at radius 3 is 2.18 bits per heavy atom. The molecule has 3 heteroatoms. The summed E-state index contributed by atoms with van der Waals surface area (Å²) < 4.78 is 0. The third-order valence-corrected chi connectivity index (χ3v) is 5.24. The highest BCUT2D eigenvalue weighted by atomic mass is 16.4. The largest absolute Gasteiger partial charge is 0.480 e. The standard InChI is InChI=1S/C14H23NO2/c16-13(17)12(11-3-4-11)15-9-7-14(8-10-15)5-1-2-6-14/h11-12H,1-10H2,(H,16,17). The smallest absolute Gasteiger partial charge is 0.321 e. The zero-order chi connectivity index (χ0) is 11.9. The number of likely N-dealkylation sites (tertiary alicyclic amines) is 1. The van der Waals surface area contributed by atoms with Crippen LogP contribution in [0.4, 0.5) is 0 Å². The van der Waals surface area contributed by atoms with E-state index in [-0.39, 0.29) is 6.04 Å². The Labute approximate surface area is 103 Å². The van der Waals surface area contributed by atoms with Crippen molar-refractivity contribution >= 4 is 5.97 Å². The van der Waals surface area contributed by atoms with Crippen molar-refractivity contribution in [1.29, 1.82) is 0 Å². The molecule has 1 atom stereocenters. The van der Waals surface area contributed by atoms with Crippen LogP contribution in [0.1, 0.15) is 51.4 Å². The maximum absolute atomic E-state index is 11.4. The minimum atomic E-state index is -0.588. The van der Waals surface area contributed by atoms with E-state index in [1.54, 1.807) is 0 Å². The van der Waals surface area contributed by atoms with E-state index in [4.69, 9.17) is 0 Å². The van der Waals surface area contributed by atoms with Crippen molar-refractivity contribution in [2.24, 2.45) is 11.3 Å². The SMILES string of the molecule is O=C(O)C(C1CC1)N1CCC2(CCCC2)CC1. The number of aliphatic carboxylic acids is 1. The van der Waals surface area contributed by atoms with Crippen LogP contribution in [-0.4, -0.2) is 35.1 Å². The Balaban J connectivity index is 1.61. The molecular formula is C14H23NO2. The first-order chi connectivity index (χ1) is 8.20. The molecule has 0 aromatic heterocycles. The molecule has 0 amide bonds. The summed E-state index contributed by atoms with van der Waals surface area (Å²) in [6, 6.07) is -0.172. The Hall–Kier alpha value is -0.570. The van der Waals surface area contributed by atoms with Crippen LogP contribution in [0.2, 0.25) is 0 Å². The molecule has 1 heterocycles. The Morgan fingerprint density at radius 2 is 1.71 bits per heavy atom. The van der Waals surface area contributed by atoms with Gasteiger partial charge in [-0.3, -0.25) is 9.69 Å². The normalized spacial score (nSPS) is 30.6. The third-order valence-electron chi connectivity index (χ3n) is 5.24. The zero-order valence-corrected chi connectivity index (χ0v) is 10.5. The van der Waals surface area contributed by atoms with Gasteiger partial charge in [0.1, 0.15) is 6.04 Å². The van der Waals surface area contributed by atoms with Gasteiger partial charge in [-0.2, -0.15) is 0 Å². The molecule has 1 N–H and O–H groups in total. The maximum atomic E-state index is 11.4. The van der Waals surface area contributed by atoms with Crippen LogP contribution in [0.5, 0.6) is 0 Å². The molecule has 96 valence electrons. The molecule has 1 saturated heterocycles. The lowest BCUT2D eigenvalue weighted by Crippen LogP contribution is -2.49. The van der Waals surface area contributed by atoms with Crippen LogP contribution in [0.25, 0.3) is 0 Å². The number of hydrogen-bond acceptors (Lipinski definition) is 2. The summed E-state index contributed by atoms with van der Waals surface area (Å²) in [7, 11) is 0. The number of nitrogens with zero attached hydrogens (tertiary/aromatic N) is 1. The molecule has 0 aromatic carbocycles. The fourth-order valence-electron chi connectivity index (χ4n) is 3.97. The highest BCUT2D eigenvalue weighted by Gasteiger charge is 2.44. The second kappa shape index (κ2) is 4.27. The van der Waals surface area contributed by atoms with Gasteiger partial charge in [0, 0.05) is 0 Å². The Morgan fingerprint density at radius 1 is 1.12 bits per heavy atom. The van der Waals surface area contributed by atoms with Crippen LogP contribution in [0.15, 0.2) is 0 Å². The van der Waals surface area contributed by atoms with Gasteiger partial charge in [-0.05, 0) is 62.9 Å². The molecule has 0 bridgehead atoms. The highest BCUT2D eigenvalue weighted by molar-refractivity contribution is 5.74. The molecule has 2 saturated carbocycles. The minimum absolute atomic E-state index is 0.172. The van der Waals surface area contributed by atoms with Gasteiger partial charge in [-0.25, -0.2) is 0 Å². The van der Waals surface area contributed by atoms with E-state index < -0.39 is 5.97 Å². The molecule has 0 aromatic rings. The van der Waals surface area contributed by atoms with Crippen LogP contribution in [0, 0.1) is 11.3 Å². The topological polar surface area (TPSA) is 40.5 Å². The fraction of sp³-hybridized carbons (Fsp3) is 0.929. The average Bonchev–Trinajstić information content (AvgIpc) is 3.03. The maximum Gasteiger partial charge on any atom is 0.321 e. The number of carboxylic acids is 1. The van der Waals surface area contributed by atoms with E-state index in [0.717, 1.165) is 25.9 Å². The molecule has 1 unspecified atom stereocenters. The second-order valence-electron chi connectivity index (χ2n) is 6.36. The summed E-state index contributed by atoms with van der Waals surface area (Å²) in [4.78, 5) is 13.6. The summed E-state index contributed by atoms with van der Waals surface area (Å²) in [6.07, 6.45) is 10.3. The summed E-state index contributed by atoms with van der Waals surface area (Å²) in [5.41, 5.74) is 0.600. The van der Waals surface area contributed by atoms with Crippen molar-refractivity contribution in [2.45, 2.75) is 57.4 Å². The van der Waals surface area contributed by atoms with E-state index in [1.807, 2.05) is 0 Å². The molecule has 17 heavy (non-hydrogen) atoms. The lowest BCUT2D eigenvalue weighted by Gasteiger charge is -2.41. The zero-order valence-electron chi connectivity index (χ0n) is 10.5. The van der Waals surface area contributed by atoms with Crippen LogP contribution >= 0.6 is 0 Å². The molecule has 2 aliphatic carbocycles. The van der Waals surface area contributed by atoms with Crippen molar-refractivity contribution in [2.75, 3.05) is 13.1 Å². The molecule has 1 aliphatic heterocycles. The number of carbonyl (C=O) groups is 1. The number of rotatable bonds is 3. The summed E-state index contributed by atoms with van der Waals surface area (Å²) in [6.45, 7) is 2.04. The molecule has 1 spiro atoms. The van der Waals surface area contributed by atoms with E-state index in [0.29, 0.717) is 11.3 Å². The van der Waals surface area contributed by atoms with Crippen molar-refractivity contribution in [3.05, 3.63) is 0 Å². The monoisotopic (exact) mass is 237 g/mol. The van der Waals surface area contributed by atoms with Gasteiger partial charge in [0.25, 0.3) is 0 Å². The van der Waals surface area contributed by atoms with Crippen LogP contribution in [-0.2, 0) is 4.79 Å². The number of carboxylic acid groups (broad SMARTS) is 1. The van der Waals surface area contributed by atoms with Crippen molar-refractivity contribution < 1.29 is 9.90 Å². The second-order valence-corrected chi connectivity index (χ2v) is 6.36. The molecule has 3 aliphatic rings. The lowest BCUT2D eigenvalue weighted by atomic mass is 9.76. The van der Waals surface area contributed by atoms with Gasteiger partial charge >= 0.3 is 5.97 Å². The lowest BCUT2D eigenvalue weighted by molar-refractivity contribution is -0.145. The van der Waals surface area contributed by atoms with Gasteiger partial charge in [0.15, 0.2) is 0 Å². The van der Waals surface area contributed by atoms with E-state index >= 15 is 0 Å². The Kier molecular flexibility index (Phi) is 2.89.